The van der Waals surface area contributed by atoms with Crippen molar-refractivity contribution in [1.82, 2.24) is 14.8 Å². The van der Waals surface area contributed by atoms with Gasteiger partial charge in [0.1, 0.15) is 6.04 Å². The Labute approximate surface area is 171 Å². The molecule has 8 heteroatoms. The Hall–Kier alpha value is -2.77. The second-order valence-electron chi connectivity index (χ2n) is 6.38. The number of carbonyl (C=O) groups excluding carboxylic acids is 1. The summed E-state index contributed by atoms with van der Waals surface area (Å²) in [4.78, 5) is 16.7. The van der Waals surface area contributed by atoms with Crippen molar-refractivity contribution in [2.75, 3.05) is 5.32 Å². The lowest BCUT2D eigenvalue weighted by molar-refractivity contribution is -0.115. The number of nitrogens with two attached hydrogens (primary N) is 1. The SMILES string of the molecule is CC1=C(C(N)=O)[C@H](c2ccccc2)n2nc(SCc3ccccc3Cl)nc2N1. The number of carbonyl (C=O) groups is 1. The smallest absolute Gasteiger partial charge is 0.248 e. The highest BCUT2D eigenvalue weighted by molar-refractivity contribution is 7.98. The molecule has 6 nitrogen and oxygen atoms in total. The van der Waals surface area contributed by atoms with Crippen molar-refractivity contribution in [1.29, 1.82) is 0 Å². The van der Waals surface area contributed by atoms with Gasteiger partial charge in [0, 0.05) is 16.5 Å². The third kappa shape index (κ3) is 3.50. The Morgan fingerprint density at radius 1 is 1.21 bits per heavy atom. The van der Waals surface area contributed by atoms with Crippen molar-refractivity contribution in [3.05, 3.63) is 82.0 Å². The molecule has 0 saturated heterocycles. The van der Waals surface area contributed by atoms with Crippen LogP contribution in [0.15, 0.2) is 71.0 Å². The van der Waals surface area contributed by atoms with E-state index in [1.165, 1.54) is 11.8 Å². The van der Waals surface area contributed by atoms with Gasteiger partial charge in [0.25, 0.3) is 0 Å². The molecular weight excluding hydrogens is 394 g/mol. The molecule has 3 aromatic rings. The molecule has 0 radical (unpaired) electrons. The van der Waals surface area contributed by atoms with E-state index in [2.05, 4.69) is 15.4 Å². The van der Waals surface area contributed by atoms with Crippen LogP contribution in [0, 0.1) is 0 Å². The van der Waals surface area contributed by atoms with Crippen LogP contribution in [0.25, 0.3) is 0 Å². The van der Waals surface area contributed by atoms with Crippen molar-refractivity contribution in [3.63, 3.8) is 0 Å². The number of nitrogens with one attached hydrogen (secondary N) is 1. The third-order valence-corrected chi connectivity index (χ3v) is 5.78. The fraction of sp³-hybridized carbons (Fsp3) is 0.150. The van der Waals surface area contributed by atoms with Crippen LogP contribution in [0.3, 0.4) is 0 Å². The predicted molar refractivity (Wildman–Crippen MR) is 111 cm³/mol. The minimum Gasteiger partial charge on any atom is -0.366 e. The van der Waals surface area contributed by atoms with Crippen molar-refractivity contribution in [3.8, 4) is 0 Å². The molecule has 1 amide bonds. The van der Waals surface area contributed by atoms with E-state index in [1.807, 2.05) is 61.5 Å². The van der Waals surface area contributed by atoms with Crippen molar-refractivity contribution >= 4 is 35.2 Å². The molecule has 0 saturated carbocycles. The fourth-order valence-corrected chi connectivity index (χ4v) is 4.33. The number of amides is 1. The predicted octanol–water partition coefficient (Wildman–Crippen LogP) is 4.00. The second kappa shape index (κ2) is 7.69. The molecule has 0 aliphatic carbocycles. The maximum atomic E-state index is 12.2. The standard InChI is InChI=1S/C20H18ClN5OS/c1-12-16(18(22)27)17(13-7-3-2-4-8-13)26-19(23-12)24-20(25-26)28-11-14-9-5-6-10-15(14)21/h2-10,17H,11H2,1H3,(H2,22,27)(H,23,24,25)/t17-/m0/s1. The van der Waals surface area contributed by atoms with Crippen LogP contribution in [0.4, 0.5) is 5.95 Å². The monoisotopic (exact) mass is 411 g/mol. The second-order valence-corrected chi connectivity index (χ2v) is 7.73. The highest BCUT2D eigenvalue weighted by Crippen LogP contribution is 2.36. The maximum Gasteiger partial charge on any atom is 0.248 e. The summed E-state index contributed by atoms with van der Waals surface area (Å²) >= 11 is 7.73. The first-order valence-corrected chi connectivity index (χ1v) is 10.1. The lowest BCUT2D eigenvalue weighted by Crippen LogP contribution is -2.31. The molecule has 0 spiro atoms. The molecule has 4 rings (SSSR count). The summed E-state index contributed by atoms with van der Waals surface area (Å²) in [6, 6.07) is 17.0. The van der Waals surface area contributed by atoms with Gasteiger partial charge in [-0.3, -0.25) is 4.79 Å². The summed E-state index contributed by atoms with van der Waals surface area (Å²) in [5.41, 5.74) is 8.78. The quantitative estimate of drug-likeness (QED) is 0.620. The Kier molecular flexibility index (Phi) is 5.11. The van der Waals surface area contributed by atoms with Crippen LogP contribution in [0.1, 0.15) is 24.1 Å². The number of aromatic nitrogens is 3. The number of fused-ring (bicyclic) bond motifs is 1. The normalized spacial score (nSPS) is 15.9. The van der Waals surface area contributed by atoms with E-state index in [0.29, 0.717) is 33.2 Å². The molecule has 3 N–H and O–H groups in total. The first-order valence-electron chi connectivity index (χ1n) is 8.70. The zero-order valence-electron chi connectivity index (χ0n) is 15.1. The minimum atomic E-state index is -0.481. The van der Waals surface area contributed by atoms with Crippen molar-refractivity contribution in [2.24, 2.45) is 5.73 Å². The van der Waals surface area contributed by atoms with Gasteiger partial charge in [-0.05, 0) is 24.1 Å². The van der Waals surface area contributed by atoms with Crippen LogP contribution in [0.5, 0.6) is 0 Å². The highest BCUT2D eigenvalue weighted by Gasteiger charge is 2.33. The molecular formula is C20H18ClN5OS. The van der Waals surface area contributed by atoms with Gasteiger partial charge < -0.3 is 11.1 Å². The first-order chi connectivity index (χ1) is 13.5. The van der Waals surface area contributed by atoms with Gasteiger partial charge in [0.2, 0.25) is 17.0 Å². The van der Waals surface area contributed by atoms with E-state index in [-0.39, 0.29) is 0 Å². The number of rotatable bonds is 5. The molecule has 1 aromatic heterocycles. The van der Waals surface area contributed by atoms with Crippen LogP contribution >= 0.6 is 23.4 Å². The molecule has 2 heterocycles. The Bertz CT molecular complexity index is 1060. The summed E-state index contributed by atoms with van der Waals surface area (Å²) in [6.07, 6.45) is 0. The summed E-state index contributed by atoms with van der Waals surface area (Å²) in [5.74, 6) is 0.747. The third-order valence-electron chi connectivity index (χ3n) is 4.53. The molecule has 1 aliphatic rings. The van der Waals surface area contributed by atoms with Crippen LogP contribution in [-0.2, 0) is 10.5 Å². The zero-order valence-corrected chi connectivity index (χ0v) is 16.7. The van der Waals surface area contributed by atoms with Gasteiger partial charge in [-0.1, -0.05) is 71.9 Å². The Morgan fingerprint density at radius 3 is 2.64 bits per heavy atom. The van der Waals surface area contributed by atoms with Gasteiger partial charge in [0.15, 0.2) is 0 Å². The summed E-state index contributed by atoms with van der Waals surface area (Å²) < 4.78 is 1.72. The Balaban J connectivity index is 1.68. The number of hydrogen-bond donors (Lipinski definition) is 2. The number of nitrogens with zero attached hydrogens (tertiary/aromatic N) is 3. The number of allylic oxidation sites excluding steroid dienone is 1. The molecule has 1 aliphatic heterocycles. The van der Waals surface area contributed by atoms with Gasteiger partial charge >= 0.3 is 0 Å². The van der Waals surface area contributed by atoms with Gasteiger partial charge in [-0.25, -0.2) is 4.68 Å². The molecule has 0 fully saturated rings. The zero-order chi connectivity index (χ0) is 19.7. The van der Waals surface area contributed by atoms with E-state index < -0.39 is 11.9 Å². The lowest BCUT2D eigenvalue weighted by Gasteiger charge is -2.27. The van der Waals surface area contributed by atoms with E-state index in [9.17, 15) is 4.79 Å². The number of halogens is 1. The van der Waals surface area contributed by atoms with Crippen LogP contribution in [0.2, 0.25) is 5.02 Å². The van der Waals surface area contributed by atoms with Gasteiger partial charge in [0.05, 0.1) is 5.57 Å². The van der Waals surface area contributed by atoms with Crippen molar-refractivity contribution < 1.29 is 4.79 Å². The lowest BCUT2D eigenvalue weighted by atomic mass is 9.95. The molecule has 0 unspecified atom stereocenters. The average Bonchev–Trinajstić information content (AvgIpc) is 3.09. The maximum absolute atomic E-state index is 12.2. The fourth-order valence-electron chi connectivity index (χ4n) is 3.21. The molecule has 1 atom stereocenters. The largest absolute Gasteiger partial charge is 0.366 e. The van der Waals surface area contributed by atoms with E-state index in [4.69, 9.17) is 17.3 Å². The molecule has 0 bridgehead atoms. The number of benzene rings is 2. The summed E-state index contributed by atoms with van der Waals surface area (Å²) in [5, 5.41) is 9.11. The molecule has 142 valence electrons. The Morgan fingerprint density at radius 2 is 1.93 bits per heavy atom. The number of thioether (sulfide) groups is 1. The number of hydrogen-bond acceptors (Lipinski definition) is 5. The highest BCUT2D eigenvalue weighted by atomic mass is 35.5. The van der Waals surface area contributed by atoms with Crippen molar-refractivity contribution in [2.45, 2.75) is 23.9 Å². The van der Waals surface area contributed by atoms with E-state index >= 15 is 0 Å². The van der Waals surface area contributed by atoms with Crippen LogP contribution in [-0.4, -0.2) is 20.7 Å². The molecule has 2 aromatic carbocycles. The summed E-state index contributed by atoms with van der Waals surface area (Å²) in [6.45, 7) is 1.82. The number of anilines is 1. The summed E-state index contributed by atoms with van der Waals surface area (Å²) in [7, 11) is 0. The average molecular weight is 412 g/mol. The van der Waals surface area contributed by atoms with E-state index in [0.717, 1.165) is 11.1 Å². The minimum absolute atomic E-state index is 0.419. The first kappa shape index (κ1) is 18.6. The topological polar surface area (TPSA) is 85.8 Å². The number of primary amides is 1. The van der Waals surface area contributed by atoms with Crippen LogP contribution < -0.4 is 11.1 Å². The van der Waals surface area contributed by atoms with Gasteiger partial charge in [-0.15, -0.1) is 5.10 Å². The molecule has 28 heavy (non-hydrogen) atoms. The van der Waals surface area contributed by atoms with Gasteiger partial charge in [-0.2, -0.15) is 4.98 Å². The van der Waals surface area contributed by atoms with E-state index in [1.54, 1.807) is 4.68 Å².